The average molecular weight is 563 g/mol. The van der Waals surface area contributed by atoms with Crippen LogP contribution in [-0.2, 0) is 10.0 Å². The summed E-state index contributed by atoms with van der Waals surface area (Å²) >= 11 is 0. The maximum Gasteiger partial charge on any atom is 0.263 e. The summed E-state index contributed by atoms with van der Waals surface area (Å²) < 4.78 is 108. The molecule has 1 aliphatic carbocycles. The van der Waals surface area contributed by atoms with Crippen LogP contribution in [0.1, 0.15) is 43.1 Å². The van der Waals surface area contributed by atoms with E-state index in [-0.39, 0.29) is 29.8 Å². The number of hydrogen-bond donors (Lipinski definition) is 2. The van der Waals surface area contributed by atoms with Crippen molar-refractivity contribution in [2.75, 3.05) is 25.0 Å². The fourth-order valence-corrected chi connectivity index (χ4v) is 4.13. The molecule has 0 bridgehead atoms. The number of nitrogens with zero attached hydrogens (tertiary/aromatic N) is 4. The lowest BCUT2D eigenvalue weighted by atomic mass is 9.76. The number of rotatable bonds is 10. The SMILES string of the molecule is [2H]C1=CC([2H])(S(=O)(=O)Nc2nc(-c3ncccn3)nc(OCCO)c2Oc2ccccc2OC)C([2H])([2H])C([2H])([2H])C1([2H])C(C)(C)C. The van der Waals surface area contributed by atoms with Crippen LogP contribution in [0.25, 0.3) is 11.6 Å². The van der Waals surface area contributed by atoms with Crippen molar-refractivity contribution < 1.29 is 37.3 Å². The zero-order valence-electron chi connectivity index (χ0n) is 28.7. The topological polar surface area (TPSA) is 146 Å². The minimum atomic E-state index is -5.44. The number of sulfonamides is 1. The molecule has 2 heterocycles. The highest BCUT2D eigenvalue weighted by Gasteiger charge is 2.33. The molecule has 0 spiro atoms. The zero-order valence-corrected chi connectivity index (χ0v) is 22.5. The maximum absolute atomic E-state index is 14.1. The number of methoxy groups -OCH3 is 1. The molecule has 1 aromatic carbocycles. The Balaban J connectivity index is 1.98. The van der Waals surface area contributed by atoms with Crippen molar-refractivity contribution in [3.05, 3.63) is 54.9 Å². The Morgan fingerprint density at radius 3 is 2.51 bits per heavy atom. The van der Waals surface area contributed by atoms with Gasteiger partial charge in [0.15, 0.2) is 23.1 Å². The predicted molar refractivity (Wildman–Crippen MR) is 146 cm³/mol. The van der Waals surface area contributed by atoms with E-state index in [0.717, 1.165) is 0 Å². The molecule has 12 heteroatoms. The Bertz CT molecular complexity index is 1740. The average Bonchev–Trinajstić information content (AvgIpc) is 2.99. The second-order valence-electron chi connectivity index (χ2n) is 9.06. The molecule has 208 valence electrons. The van der Waals surface area contributed by atoms with Crippen LogP contribution in [0.2, 0.25) is 0 Å². The number of aliphatic hydroxyl groups is 1. The number of ether oxygens (including phenoxy) is 3. The Labute approximate surface area is 238 Å². The van der Waals surface area contributed by atoms with Crippen molar-refractivity contribution in [1.29, 1.82) is 0 Å². The molecule has 2 N–H and O–H groups in total. The van der Waals surface area contributed by atoms with Crippen LogP contribution in [-0.4, -0.2) is 59.0 Å². The lowest BCUT2D eigenvalue weighted by molar-refractivity contribution is 0.192. The summed E-state index contributed by atoms with van der Waals surface area (Å²) in [4.78, 5) is 16.6. The number of aliphatic hydroxyl groups excluding tert-OH is 1. The molecule has 2 aromatic heterocycles. The highest BCUT2D eigenvalue weighted by molar-refractivity contribution is 7.93. The first kappa shape index (κ1) is 20.2. The Morgan fingerprint density at radius 2 is 1.85 bits per heavy atom. The van der Waals surface area contributed by atoms with Crippen LogP contribution in [0, 0.1) is 11.3 Å². The van der Waals surface area contributed by atoms with Gasteiger partial charge in [-0.1, -0.05) is 45.0 Å². The minimum absolute atomic E-state index is 0.0361. The van der Waals surface area contributed by atoms with Gasteiger partial charge in [0.05, 0.1) is 21.7 Å². The number of anilines is 1. The Morgan fingerprint density at radius 1 is 1.13 bits per heavy atom. The maximum atomic E-state index is 14.1. The lowest BCUT2D eigenvalue weighted by Gasteiger charge is -2.32. The van der Waals surface area contributed by atoms with Crippen molar-refractivity contribution in [2.45, 2.75) is 38.7 Å². The largest absolute Gasteiger partial charge is 0.493 e. The van der Waals surface area contributed by atoms with Gasteiger partial charge in [0.2, 0.25) is 21.6 Å². The second-order valence-corrected chi connectivity index (χ2v) is 10.7. The summed E-state index contributed by atoms with van der Waals surface area (Å²) in [6, 6.07) is 6.84. The van der Waals surface area contributed by atoms with Gasteiger partial charge >= 0.3 is 0 Å². The molecule has 0 aliphatic heterocycles. The lowest BCUT2D eigenvalue weighted by Crippen LogP contribution is -2.32. The summed E-state index contributed by atoms with van der Waals surface area (Å²) in [6.07, 6.45) is -3.83. The standard InChI is InChI=1S/C27H33N5O6S/c1-27(2,3)18-10-12-19(13-11-18)39(34,35)32-23-22(38-21-9-6-5-8-20(21)36-4)26(37-17-16-33)31-25(30-23)24-28-14-7-15-29-24/h5-10,12,14-15,18-19,33H,11,13,16-17H2,1-4H3,(H,30,31,32)/i10D,11D2,13D2,18D,19D. The number of nitrogens with one attached hydrogen (secondary N) is 1. The van der Waals surface area contributed by atoms with Crippen LogP contribution >= 0.6 is 0 Å². The van der Waals surface area contributed by atoms with Gasteiger partial charge < -0.3 is 19.3 Å². The minimum Gasteiger partial charge on any atom is -0.493 e. The van der Waals surface area contributed by atoms with E-state index in [4.69, 9.17) is 23.8 Å². The fraction of sp³-hybridized carbons (Fsp3) is 0.407. The van der Waals surface area contributed by atoms with Crippen LogP contribution in [0.4, 0.5) is 5.82 Å². The van der Waals surface area contributed by atoms with E-state index >= 15 is 0 Å². The van der Waals surface area contributed by atoms with Crippen LogP contribution in [0.3, 0.4) is 0 Å². The van der Waals surface area contributed by atoms with E-state index in [0.29, 0.717) is 6.08 Å². The van der Waals surface area contributed by atoms with Crippen LogP contribution in [0.5, 0.6) is 23.1 Å². The Hall–Kier alpha value is -3.77. The monoisotopic (exact) mass is 562 g/mol. The highest BCUT2D eigenvalue weighted by atomic mass is 32.2. The number of benzene rings is 1. The molecule has 0 radical (unpaired) electrons. The molecule has 1 aliphatic rings. The molecule has 0 saturated carbocycles. The summed E-state index contributed by atoms with van der Waals surface area (Å²) in [5.41, 5.74) is -1.39. The summed E-state index contributed by atoms with van der Waals surface area (Å²) in [7, 11) is -4.08. The van der Waals surface area contributed by atoms with E-state index < -0.39 is 69.4 Å². The molecule has 0 amide bonds. The Kier molecular flexibility index (Phi) is 6.19. The van der Waals surface area contributed by atoms with Crippen LogP contribution < -0.4 is 18.9 Å². The predicted octanol–water partition coefficient (Wildman–Crippen LogP) is 4.23. The van der Waals surface area contributed by atoms with Gasteiger partial charge in [-0.2, -0.15) is 4.98 Å². The zero-order chi connectivity index (χ0) is 34.3. The second kappa shape index (κ2) is 12.0. The normalized spacial score (nSPS) is 26.7. The quantitative estimate of drug-likeness (QED) is 0.344. The van der Waals surface area contributed by atoms with Crippen LogP contribution in [0.15, 0.2) is 54.9 Å². The van der Waals surface area contributed by atoms with E-state index in [1.807, 2.05) is 4.72 Å². The van der Waals surface area contributed by atoms with Crippen molar-refractivity contribution >= 4 is 15.8 Å². The van der Waals surface area contributed by atoms with Crippen molar-refractivity contribution in [1.82, 2.24) is 19.9 Å². The van der Waals surface area contributed by atoms with Gasteiger partial charge in [-0.3, -0.25) is 4.72 Å². The summed E-state index contributed by atoms with van der Waals surface area (Å²) in [5.74, 6) is -4.34. The highest BCUT2D eigenvalue weighted by Crippen LogP contribution is 2.42. The third-order valence-electron chi connectivity index (χ3n) is 5.14. The molecule has 2 atom stereocenters. The molecule has 0 saturated heterocycles. The molecule has 3 aromatic rings. The van der Waals surface area contributed by atoms with Gasteiger partial charge in [-0.25, -0.2) is 23.4 Å². The molecule has 2 unspecified atom stereocenters. The fourth-order valence-electron chi connectivity index (χ4n) is 3.22. The van der Waals surface area contributed by atoms with E-state index in [9.17, 15) is 13.5 Å². The van der Waals surface area contributed by atoms with Crippen molar-refractivity contribution in [3.63, 3.8) is 0 Å². The summed E-state index contributed by atoms with van der Waals surface area (Å²) in [5, 5.41) is 5.95. The van der Waals surface area contributed by atoms with Gasteiger partial charge in [0, 0.05) is 19.2 Å². The number of aromatic nitrogens is 4. The third kappa shape index (κ3) is 6.82. The number of para-hydroxylation sites is 2. The van der Waals surface area contributed by atoms with E-state index in [1.54, 1.807) is 18.2 Å². The molecule has 4 rings (SSSR count). The van der Waals surface area contributed by atoms with Crippen molar-refractivity contribution in [2.24, 2.45) is 11.3 Å². The number of hydrogen-bond acceptors (Lipinski definition) is 10. The molecule has 0 fully saturated rings. The van der Waals surface area contributed by atoms with Gasteiger partial charge in [-0.05, 0) is 42.3 Å². The summed E-state index contributed by atoms with van der Waals surface area (Å²) in [6.45, 7) is 3.44. The van der Waals surface area contributed by atoms with E-state index in [2.05, 4.69) is 19.9 Å². The first-order chi connectivity index (χ1) is 21.3. The van der Waals surface area contributed by atoms with Gasteiger partial charge in [-0.15, -0.1) is 0 Å². The van der Waals surface area contributed by atoms with Gasteiger partial charge in [0.25, 0.3) is 5.88 Å². The van der Waals surface area contributed by atoms with Crippen molar-refractivity contribution in [3.8, 4) is 34.8 Å². The first-order valence-corrected chi connectivity index (χ1v) is 13.2. The number of allylic oxidation sites excluding steroid dienone is 1. The third-order valence-corrected chi connectivity index (χ3v) is 6.40. The molecular weight excluding hydrogens is 522 g/mol. The van der Waals surface area contributed by atoms with Gasteiger partial charge in [0.1, 0.15) is 6.61 Å². The molecular formula is C27H33N5O6S. The first-order valence-electron chi connectivity index (χ1n) is 15.3. The smallest absolute Gasteiger partial charge is 0.263 e. The molecule has 11 nitrogen and oxygen atoms in total. The molecule has 39 heavy (non-hydrogen) atoms. The van der Waals surface area contributed by atoms with E-state index in [1.165, 1.54) is 52.4 Å².